The molecule has 0 spiro atoms. The Hall–Kier alpha value is -2.35. The van der Waals surface area contributed by atoms with Crippen molar-refractivity contribution in [2.75, 3.05) is 13.1 Å². The summed E-state index contributed by atoms with van der Waals surface area (Å²) in [6.07, 6.45) is -2.08. The van der Waals surface area contributed by atoms with E-state index in [-0.39, 0.29) is 30.8 Å². The summed E-state index contributed by atoms with van der Waals surface area (Å²) in [6.45, 7) is 5.49. The molecular formula is C17H22FNO6. The number of halogens is 1. The number of carboxylic acids is 1. The van der Waals surface area contributed by atoms with E-state index < -0.39 is 35.7 Å². The molecule has 2 unspecified atom stereocenters. The number of aliphatic hydroxyl groups is 1. The molecule has 2 atom stereocenters. The highest BCUT2D eigenvalue weighted by molar-refractivity contribution is 5.90. The van der Waals surface area contributed by atoms with Gasteiger partial charge in [-0.3, -0.25) is 0 Å². The van der Waals surface area contributed by atoms with Crippen molar-refractivity contribution in [2.24, 2.45) is 0 Å². The van der Waals surface area contributed by atoms with Gasteiger partial charge in [0.25, 0.3) is 0 Å². The maximum Gasteiger partial charge on any atom is 0.410 e. The minimum Gasteiger partial charge on any atom is -0.487 e. The molecule has 1 fully saturated rings. The molecule has 2 rings (SSSR count). The van der Waals surface area contributed by atoms with Gasteiger partial charge in [0.05, 0.1) is 6.54 Å². The smallest absolute Gasteiger partial charge is 0.410 e. The summed E-state index contributed by atoms with van der Waals surface area (Å²) in [6, 6.07) is 3.10. The van der Waals surface area contributed by atoms with Crippen LogP contribution < -0.4 is 4.74 Å². The number of β-amino-alcohol motifs (C(OH)–C–C–N with tert-alkyl or cyclic N) is 1. The van der Waals surface area contributed by atoms with Gasteiger partial charge in [0, 0.05) is 19.0 Å². The first kappa shape index (κ1) is 19.0. The molecule has 2 N–H and O–H groups in total. The van der Waals surface area contributed by atoms with E-state index in [0.29, 0.717) is 0 Å². The van der Waals surface area contributed by atoms with E-state index in [1.54, 1.807) is 20.8 Å². The molecule has 0 bridgehead atoms. The molecule has 0 saturated carbocycles. The number of benzene rings is 1. The monoisotopic (exact) mass is 355 g/mol. The maximum absolute atomic E-state index is 13.4. The van der Waals surface area contributed by atoms with Crippen molar-refractivity contribution in [2.45, 2.75) is 45.0 Å². The Labute approximate surface area is 145 Å². The van der Waals surface area contributed by atoms with Crippen LogP contribution in [0, 0.1) is 5.82 Å². The minimum atomic E-state index is -1.25. The van der Waals surface area contributed by atoms with Crippen LogP contribution in [0.15, 0.2) is 18.2 Å². The minimum absolute atomic E-state index is 0.0166. The van der Waals surface area contributed by atoms with E-state index >= 15 is 0 Å². The lowest BCUT2D eigenvalue weighted by Gasteiger charge is -2.36. The standard InChI is InChI=1S/C17H22FNO6/c1-17(2,3)25-16(23)19-7-6-13(12(20)9-19)24-14-8-10(18)4-5-11(14)15(21)22/h4-5,8,12-13,20H,6-7,9H2,1-3H3,(H,21,22). The van der Waals surface area contributed by atoms with Crippen molar-refractivity contribution in [3.05, 3.63) is 29.6 Å². The summed E-state index contributed by atoms with van der Waals surface area (Å²) in [7, 11) is 0. The largest absolute Gasteiger partial charge is 0.487 e. The summed E-state index contributed by atoms with van der Waals surface area (Å²) < 4.78 is 24.2. The third-order valence-corrected chi connectivity index (χ3v) is 3.62. The SMILES string of the molecule is CC(C)(C)OC(=O)N1CCC(Oc2cc(F)ccc2C(=O)O)C(O)C1. The molecule has 1 aliphatic rings. The normalized spacial score (nSPS) is 20.9. The predicted octanol–water partition coefficient (Wildman–Crippen LogP) is 2.27. The number of carbonyl (C=O) groups excluding carboxylic acids is 1. The number of rotatable bonds is 3. The number of carbonyl (C=O) groups is 2. The van der Waals surface area contributed by atoms with Gasteiger partial charge < -0.3 is 24.6 Å². The van der Waals surface area contributed by atoms with Crippen LogP contribution in [0.5, 0.6) is 5.75 Å². The van der Waals surface area contributed by atoms with Gasteiger partial charge in [-0.05, 0) is 32.9 Å². The molecule has 0 aliphatic carbocycles. The number of carboxylic acid groups (broad SMARTS) is 1. The third kappa shape index (κ3) is 5.06. The van der Waals surface area contributed by atoms with E-state index in [9.17, 15) is 19.1 Å². The molecule has 1 aromatic rings. The summed E-state index contributed by atoms with van der Waals surface area (Å²) >= 11 is 0. The summed E-state index contributed by atoms with van der Waals surface area (Å²) in [5.74, 6) is -2.04. The van der Waals surface area contributed by atoms with E-state index in [0.717, 1.165) is 18.2 Å². The van der Waals surface area contributed by atoms with Gasteiger partial charge in [0.2, 0.25) is 0 Å². The summed E-state index contributed by atoms with van der Waals surface area (Å²) in [5, 5.41) is 19.4. The van der Waals surface area contributed by atoms with Crippen LogP contribution >= 0.6 is 0 Å². The second-order valence-corrected chi connectivity index (χ2v) is 6.88. The molecular weight excluding hydrogens is 333 g/mol. The van der Waals surface area contributed by atoms with Crippen LogP contribution in [0.1, 0.15) is 37.6 Å². The number of ether oxygens (including phenoxy) is 2. The molecule has 1 saturated heterocycles. The van der Waals surface area contributed by atoms with Crippen molar-refractivity contribution in [3.63, 3.8) is 0 Å². The summed E-state index contributed by atoms with van der Waals surface area (Å²) in [5.41, 5.74) is -0.837. The lowest BCUT2D eigenvalue weighted by Crippen LogP contribution is -2.52. The van der Waals surface area contributed by atoms with E-state index in [1.807, 2.05) is 0 Å². The molecule has 0 radical (unpaired) electrons. The number of aliphatic hydroxyl groups excluding tert-OH is 1. The number of hydrogen-bond donors (Lipinski definition) is 2. The van der Waals surface area contributed by atoms with Crippen molar-refractivity contribution >= 4 is 12.1 Å². The van der Waals surface area contributed by atoms with Gasteiger partial charge in [-0.2, -0.15) is 0 Å². The highest BCUT2D eigenvalue weighted by Crippen LogP contribution is 2.25. The number of nitrogens with zero attached hydrogens (tertiary/aromatic N) is 1. The van der Waals surface area contributed by atoms with Crippen molar-refractivity contribution in [3.8, 4) is 5.75 Å². The van der Waals surface area contributed by atoms with Gasteiger partial charge in [0.1, 0.15) is 34.9 Å². The second-order valence-electron chi connectivity index (χ2n) is 6.88. The Morgan fingerprint density at radius 3 is 2.56 bits per heavy atom. The fraction of sp³-hybridized carbons (Fsp3) is 0.529. The Bertz CT molecular complexity index is 657. The predicted molar refractivity (Wildman–Crippen MR) is 86.2 cm³/mol. The number of piperidine rings is 1. The first-order valence-electron chi connectivity index (χ1n) is 7.92. The average Bonchev–Trinajstić information content (AvgIpc) is 2.47. The zero-order valence-corrected chi connectivity index (χ0v) is 14.4. The quantitative estimate of drug-likeness (QED) is 0.863. The van der Waals surface area contributed by atoms with Gasteiger partial charge in [-0.15, -0.1) is 0 Å². The number of hydrogen-bond acceptors (Lipinski definition) is 5. The average molecular weight is 355 g/mol. The fourth-order valence-electron chi connectivity index (χ4n) is 2.47. The lowest BCUT2D eigenvalue weighted by atomic mass is 10.0. The zero-order valence-electron chi connectivity index (χ0n) is 14.4. The fourth-order valence-corrected chi connectivity index (χ4v) is 2.47. The van der Waals surface area contributed by atoms with E-state index in [2.05, 4.69) is 0 Å². The first-order chi connectivity index (χ1) is 11.6. The Kier molecular flexibility index (Phi) is 5.52. The van der Waals surface area contributed by atoms with Crippen molar-refractivity contribution in [1.82, 2.24) is 4.90 Å². The van der Waals surface area contributed by atoms with Crippen molar-refractivity contribution in [1.29, 1.82) is 0 Å². The molecule has 0 aromatic heterocycles. The van der Waals surface area contributed by atoms with Gasteiger partial charge in [-0.25, -0.2) is 14.0 Å². The topological polar surface area (TPSA) is 96.3 Å². The molecule has 1 aromatic carbocycles. The van der Waals surface area contributed by atoms with Crippen LogP contribution in [-0.2, 0) is 4.74 Å². The van der Waals surface area contributed by atoms with E-state index in [1.165, 1.54) is 4.90 Å². The molecule has 138 valence electrons. The van der Waals surface area contributed by atoms with Crippen molar-refractivity contribution < 1.29 is 33.7 Å². The highest BCUT2D eigenvalue weighted by Gasteiger charge is 2.34. The van der Waals surface area contributed by atoms with Gasteiger partial charge >= 0.3 is 12.1 Å². The molecule has 25 heavy (non-hydrogen) atoms. The highest BCUT2D eigenvalue weighted by atomic mass is 19.1. The van der Waals surface area contributed by atoms with Crippen LogP contribution in [0.25, 0.3) is 0 Å². The zero-order chi connectivity index (χ0) is 18.8. The maximum atomic E-state index is 13.4. The molecule has 7 nitrogen and oxygen atoms in total. The van der Waals surface area contributed by atoms with Crippen LogP contribution in [0.4, 0.5) is 9.18 Å². The van der Waals surface area contributed by atoms with Crippen LogP contribution in [0.3, 0.4) is 0 Å². The van der Waals surface area contributed by atoms with E-state index in [4.69, 9.17) is 14.6 Å². The number of likely N-dealkylation sites (tertiary alicyclic amines) is 1. The van der Waals surface area contributed by atoms with Crippen LogP contribution in [0.2, 0.25) is 0 Å². The number of aromatic carboxylic acids is 1. The molecule has 8 heteroatoms. The molecule has 1 heterocycles. The number of amides is 1. The van der Waals surface area contributed by atoms with Gasteiger partial charge in [0.15, 0.2) is 0 Å². The van der Waals surface area contributed by atoms with Crippen LogP contribution in [-0.4, -0.2) is 58.1 Å². The Balaban J connectivity index is 2.04. The molecule has 1 aliphatic heterocycles. The lowest BCUT2D eigenvalue weighted by molar-refractivity contribution is -0.0377. The van der Waals surface area contributed by atoms with Gasteiger partial charge in [-0.1, -0.05) is 0 Å². The first-order valence-corrected chi connectivity index (χ1v) is 7.92. The second kappa shape index (κ2) is 7.26. The molecule has 1 amide bonds. The Morgan fingerprint density at radius 2 is 2.00 bits per heavy atom. The Morgan fingerprint density at radius 1 is 1.32 bits per heavy atom. The summed E-state index contributed by atoms with van der Waals surface area (Å²) in [4.78, 5) is 24.6. The third-order valence-electron chi connectivity index (χ3n) is 3.62.